The zero-order valence-electron chi connectivity index (χ0n) is 14.8. The Morgan fingerprint density at radius 1 is 0.800 bits per heavy atom. The van der Waals surface area contributed by atoms with Crippen molar-refractivity contribution in [3.8, 4) is 5.75 Å². The number of rotatable bonds is 7. The van der Waals surface area contributed by atoms with Gasteiger partial charge in [-0.1, -0.05) is 79.7 Å². The lowest BCUT2D eigenvalue weighted by Crippen LogP contribution is -2.23. The van der Waals surface area contributed by atoms with E-state index in [0.717, 1.165) is 24.4 Å². The molecule has 2 nitrogen and oxygen atoms in total. The van der Waals surface area contributed by atoms with Gasteiger partial charge in [-0.2, -0.15) is 0 Å². The molecular weight excluding hydrogens is 325 g/mol. The number of hydrogen-bond acceptors (Lipinski definition) is 2. The highest BCUT2D eigenvalue weighted by molar-refractivity contribution is 7.80. The summed E-state index contributed by atoms with van der Waals surface area (Å²) in [5.74, 6) is 0.908. The molecule has 1 N–H and O–H groups in total. The number of ether oxygens (including phenoxy) is 1. The lowest BCUT2D eigenvalue weighted by Gasteiger charge is -2.24. The van der Waals surface area contributed by atoms with E-state index in [9.17, 15) is 0 Å². The largest absolute Gasteiger partial charge is 0.495 e. The molecule has 0 aliphatic heterocycles. The van der Waals surface area contributed by atoms with Gasteiger partial charge in [-0.15, -0.1) is 0 Å². The zero-order chi connectivity index (χ0) is 17.5. The van der Waals surface area contributed by atoms with E-state index in [0.29, 0.717) is 0 Å². The summed E-state index contributed by atoms with van der Waals surface area (Å²) in [7, 11) is 1.09. The van der Waals surface area contributed by atoms with Crippen LogP contribution in [0.3, 0.4) is 0 Å². The molecule has 3 aromatic carbocycles. The van der Waals surface area contributed by atoms with Gasteiger partial charge in [0.15, 0.2) is 0 Å². The third-order valence-electron chi connectivity index (χ3n) is 4.05. The van der Waals surface area contributed by atoms with Crippen LogP contribution < -0.4 is 26.0 Å². The number of para-hydroxylation sites is 1. The smallest absolute Gasteiger partial charge is 0.142 e. The number of benzene rings is 3. The third kappa shape index (κ3) is 4.03. The van der Waals surface area contributed by atoms with Gasteiger partial charge >= 0.3 is 0 Å². The average molecular weight is 349 g/mol. The van der Waals surface area contributed by atoms with Gasteiger partial charge in [-0.25, -0.2) is 0 Å². The summed E-state index contributed by atoms with van der Waals surface area (Å²) in [4.78, 5) is 0. The highest BCUT2D eigenvalue weighted by Crippen LogP contribution is 2.38. The highest BCUT2D eigenvalue weighted by Gasteiger charge is 2.21. The van der Waals surface area contributed by atoms with Crippen LogP contribution >= 0.6 is 7.92 Å². The fraction of sp³-hybridized carbons (Fsp3) is 0.182. The fourth-order valence-corrected chi connectivity index (χ4v) is 5.33. The molecule has 0 spiro atoms. The third-order valence-corrected chi connectivity index (χ3v) is 6.53. The molecule has 0 unspecified atom stereocenters. The molecule has 0 aliphatic rings. The van der Waals surface area contributed by atoms with E-state index in [2.05, 4.69) is 85.0 Å². The van der Waals surface area contributed by atoms with Gasteiger partial charge < -0.3 is 10.1 Å². The SMILES string of the molecule is CCCNc1c(OC)cccc1P(c1ccccc1)c1ccccc1. The first-order chi connectivity index (χ1) is 12.3. The molecule has 0 fully saturated rings. The van der Waals surface area contributed by atoms with Crippen molar-refractivity contribution < 1.29 is 4.74 Å². The van der Waals surface area contributed by atoms with Crippen LogP contribution in [-0.2, 0) is 0 Å². The van der Waals surface area contributed by atoms with Gasteiger partial charge in [0.25, 0.3) is 0 Å². The summed E-state index contributed by atoms with van der Waals surface area (Å²) in [6.07, 6.45) is 1.08. The van der Waals surface area contributed by atoms with Crippen molar-refractivity contribution in [3.63, 3.8) is 0 Å². The van der Waals surface area contributed by atoms with Crippen LogP contribution in [-0.4, -0.2) is 13.7 Å². The van der Waals surface area contributed by atoms with Crippen molar-refractivity contribution >= 4 is 29.5 Å². The van der Waals surface area contributed by atoms with Crippen LogP contribution in [0.1, 0.15) is 13.3 Å². The van der Waals surface area contributed by atoms with Crippen LogP contribution in [0.2, 0.25) is 0 Å². The van der Waals surface area contributed by atoms with Gasteiger partial charge in [-0.05, 0) is 31.0 Å². The van der Waals surface area contributed by atoms with Crippen LogP contribution in [0.25, 0.3) is 0 Å². The van der Waals surface area contributed by atoms with Crippen LogP contribution in [0.4, 0.5) is 5.69 Å². The Bertz CT molecular complexity index is 750. The quantitative estimate of drug-likeness (QED) is 0.643. The number of nitrogens with one attached hydrogen (secondary N) is 1. The normalized spacial score (nSPS) is 10.7. The predicted octanol–water partition coefficient (Wildman–Crippen LogP) is 4.28. The van der Waals surface area contributed by atoms with Gasteiger partial charge in [0.2, 0.25) is 0 Å². The average Bonchev–Trinajstić information content (AvgIpc) is 2.68. The van der Waals surface area contributed by atoms with Gasteiger partial charge in [0.05, 0.1) is 12.8 Å². The van der Waals surface area contributed by atoms with E-state index in [1.165, 1.54) is 15.9 Å². The Balaban J connectivity index is 2.17. The summed E-state index contributed by atoms with van der Waals surface area (Å²) in [6.45, 7) is 3.11. The van der Waals surface area contributed by atoms with E-state index in [1.807, 2.05) is 6.07 Å². The summed E-state index contributed by atoms with van der Waals surface area (Å²) in [5, 5.41) is 7.59. The van der Waals surface area contributed by atoms with Gasteiger partial charge in [0.1, 0.15) is 5.75 Å². The molecule has 0 aliphatic carbocycles. The number of anilines is 1. The summed E-state index contributed by atoms with van der Waals surface area (Å²) in [6, 6.07) is 27.9. The molecule has 0 saturated heterocycles. The maximum absolute atomic E-state index is 5.65. The first-order valence-electron chi connectivity index (χ1n) is 8.66. The number of hydrogen-bond donors (Lipinski definition) is 1. The second kappa shape index (κ2) is 8.69. The lowest BCUT2D eigenvalue weighted by atomic mass is 10.3. The molecule has 0 amide bonds. The van der Waals surface area contributed by atoms with Crippen molar-refractivity contribution in [2.45, 2.75) is 13.3 Å². The summed E-state index contributed by atoms with van der Waals surface area (Å²) < 4.78 is 5.65. The van der Waals surface area contributed by atoms with E-state index >= 15 is 0 Å². The molecule has 0 bridgehead atoms. The van der Waals surface area contributed by atoms with Crippen molar-refractivity contribution in [3.05, 3.63) is 78.9 Å². The van der Waals surface area contributed by atoms with Crippen LogP contribution in [0.5, 0.6) is 5.75 Å². The minimum Gasteiger partial charge on any atom is -0.495 e. The van der Waals surface area contributed by atoms with Crippen molar-refractivity contribution in [2.75, 3.05) is 19.0 Å². The second-order valence-corrected chi connectivity index (χ2v) is 7.97. The molecule has 25 heavy (non-hydrogen) atoms. The van der Waals surface area contributed by atoms with E-state index < -0.39 is 7.92 Å². The molecule has 0 saturated carbocycles. The Kier molecular flexibility index (Phi) is 6.09. The topological polar surface area (TPSA) is 21.3 Å². The highest BCUT2D eigenvalue weighted by atomic mass is 31.1. The molecule has 3 rings (SSSR count). The van der Waals surface area contributed by atoms with E-state index in [-0.39, 0.29) is 0 Å². The Hall–Kier alpha value is -2.31. The Labute approximate surface area is 151 Å². The summed E-state index contributed by atoms with van der Waals surface area (Å²) in [5.41, 5.74) is 1.12. The monoisotopic (exact) mass is 349 g/mol. The van der Waals surface area contributed by atoms with Crippen LogP contribution in [0, 0.1) is 0 Å². The maximum Gasteiger partial charge on any atom is 0.142 e. The fourth-order valence-electron chi connectivity index (χ4n) is 2.89. The van der Waals surface area contributed by atoms with Crippen LogP contribution in [0.15, 0.2) is 78.9 Å². The molecular formula is C22H24NOP. The standard InChI is InChI=1S/C22H24NOP/c1-3-17-23-22-20(24-2)15-10-16-21(22)25(18-11-6-4-7-12-18)19-13-8-5-9-14-19/h4-16,23H,3,17H2,1-2H3. The Morgan fingerprint density at radius 2 is 1.40 bits per heavy atom. The van der Waals surface area contributed by atoms with Gasteiger partial charge in [-0.3, -0.25) is 0 Å². The molecule has 0 heterocycles. The van der Waals surface area contributed by atoms with Crippen molar-refractivity contribution in [1.29, 1.82) is 0 Å². The van der Waals surface area contributed by atoms with Crippen molar-refractivity contribution in [1.82, 2.24) is 0 Å². The number of methoxy groups -OCH3 is 1. The lowest BCUT2D eigenvalue weighted by molar-refractivity contribution is 0.417. The van der Waals surface area contributed by atoms with Crippen molar-refractivity contribution in [2.24, 2.45) is 0 Å². The maximum atomic E-state index is 5.65. The van der Waals surface area contributed by atoms with Gasteiger partial charge in [0, 0.05) is 11.8 Å². The molecule has 0 atom stereocenters. The minimum atomic E-state index is -0.648. The van der Waals surface area contributed by atoms with E-state index in [1.54, 1.807) is 7.11 Å². The molecule has 3 aromatic rings. The first-order valence-corrected chi connectivity index (χ1v) is 10.0. The first kappa shape index (κ1) is 17.5. The molecule has 0 aromatic heterocycles. The minimum absolute atomic E-state index is 0.648. The molecule has 0 radical (unpaired) electrons. The predicted molar refractivity (Wildman–Crippen MR) is 110 cm³/mol. The molecule has 3 heteroatoms. The Morgan fingerprint density at radius 3 is 1.92 bits per heavy atom. The zero-order valence-corrected chi connectivity index (χ0v) is 15.7. The van der Waals surface area contributed by atoms with E-state index in [4.69, 9.17) is 4.74 Å². The molecule has 128 valence electrons. The second-order valence-electron chi connectivity index (χ2n) is 5.79. The summed E-state index contributed by atoms with van der Waals surface area (Å²) >= 11 is 0.